The third-order valence-electron chi connectivity index (χ3n) is 3.24. The Balaban J connectivity index is 2.02. The quantitative estimate of drug-likeness (QED) is 0.803. The predicted octanol–water partition coefficient (Wildman–Crippen LogP) is 3.52. The summed E-state index contributed by atoms with van der Waals surface area (Å²) in [5.74, 6) is 0.297. The van der Waals surface area contributed by atoms with Crippen LogP contribution in [0.15, 0.2) is 47.2 Å². The van der Waals surface area contributed by atoms with Gasteiger partial charge in [-0.3, -0.25) is 0 Å². The molecule has 3 aromatic rings. The molecule has 2 aromatic heterocycles. The van der Waals surface area contributed by atoms with E-state index in [4.69, 9.17) is 5.73 Å². The third kappa shape index (κ3) is 2.87. The SMILES string of the molecule is CN(C)c1ccc(-c2cc(-c3ccsc3)nc(N)n2)cc1. The molecule has 0 atom stereocenters. The smallest absolute Gasteiger partial charge is 0.221 e. The molecular weight excluding hydrogens is 280 g/mol. The Hall–Kier alpha value is -2.40. The molecule has 0 saturated heterocycles. The maximum atomic E-state index is 5.85. The van der Waals surface area contributed by atoms with E-state index in [2.05, 4.69) is 44.5 Å². The number of nitrogens with zero attached hydrogens (tertiary/aromatic N) is 3. The molecule has 21 heavy (non-hydrogen) atoms. The summed E-state index contributed by atoms with van der Waals surface area (Å²) in [4.78, 5) is 10.7. The third-order valence-corrected chi connectivity index (χ3v) is 3.92. The van der Waals surface area contributed by atoms with Gasteiger partial charge in [-0.1, -0.05) is 12.1 Å². The molecule has 0 aliphatic heterocycles. The van der Waals surface area contributed by atoms with Crippen molar-refractivity contribution in [1.82, 2.24) is 9.97 Å². The van der Waals surface area contributed by atoms with Gasteiger partial charge >= 0.3 is 0 Å². The lowest BCUT2D eigenvalue weighted by atomic mass is 10.1. The molecule has 0 unspecified atom stereocenters. The van der Waals surface area contributed by atoms with Crippen molar-refractivity contribution in [3.63, 3.8) is 0 Å². The fourth-order valence-corrected chi connectivity index (χ4v) is 2.75. The van der Waals surface area contributed by atoms with Crippen molar-refractivity contribution in [2.24, 2.45) is 0 Å². The minimum absolute atomic E-state index is 0.297. The average molecular weight is 296 g/mol. The van der Waals surface area contributed by atoms with Crippen LogP contribution in [-0.4, -0.2) is 24.1 Å². The fraction of sp³-hybridized carbons (Fsp3) is 0.125. The molecule has 0 spiro atoms. The molecular formula is C16H16N4S. The average Bonchev–Trinajstić information content (AvgIpc) is 3.01. The molecule has 5 heteroatoms. The molecule has 0 aliphatic carbocycles. The monoisotopic (exact) mass is 296 g/mol. The van der Waals surface area contributed by atoms with E-state index in [0.717, 1.165) is 28.2 Å². The van der Waals surface area contributed by atoms with Crippen LogP contribution in [0.3, 0.4) is 0 Å². The molecule has 0 radical (unpaired) electrons. The van der Waals surface area contributed by atoms with Crippen LogP contribution in [0.4, 0.5) is 11.6 Å². The zero-order valence-corrected chi connectivity index (χ0v) is 12.8. The van der Waals surface area contributed by atoms with Gasteiger partial charge in [0, 0.05) is 36.3 Å². The summed E-state index contributed by atoms with van der Waals surface area (Å²) in [5.41, 5.74) is 10.8. The normalized spacial score (nSPS) is 10.6. The number of anilines is 2. The van der Waals surface area contributed by atoms with Crippen LogP contribution in [0.5, 0.6) is 0 Å². The number of rotatable bonds is 3. The molecule has 2 N–H and O–H groups in total. The molecule has 0 saturated carbocycles. The van der Waals surface area contributed by atoms with Crippen molar-refractivity contribution in [1.29, 1.82) is 0 Å². The Morgan fingerprint density at radius 1 is 0.952 bits per heavy atom. The summed E-state index contributed by atoms with van der Waals surface area (Å²) >= 11 is 1.64. The van der Waals surface area contributed by atoms with E-state index in [-0.39, 0.29) is 0 Å². The Bertz CT molecular complexity index is 733. The Labute approximate surface area is 127 Å². The van der Waals surface area contributed by atoms with E-state index in [1.54, 1.807) is 11.3 Å². The topological polar surface area (TPSA) is 55.0 Å². The number of nitrogens with two attached hydrogens (primary N) is 1. The highest BCUT2D eigenvalue weighted by Gasteiger charge is 2.07. The number of hydrogen-bond donors (Lipinski definition) is 1. The summed E-state index contributed by atoms with van der Waals surface area (Å²) < 4.78 is 0. The van der Waals surface area contributed by atoms with Crippen molar-refractivity contribution >= 4 is 23.0 Å². The molecule has 0 aliphatic rings. The molecule has 4 nitrogen and oxygen atoms in total. The van der Waals surface area contributed by atoms with E-state index < -0.39 is 0 Å². The zero-order chi connectivity index (χ0) is 14.8. The van der Waals surface area contributed by atoms with E-state index >= 15 is 0 Å². The van der Waals surface area contributed by atoms with Crippen LogP contribution in [0, 0.1) is 0 Å². The van der Waals surface area contributed by atoms with Gasteiger partial charge in [-0.05, 0) is 29.6 Å². The van der Waals surface area contributed by atoms with Gasteiger partial charge in [-0.25, -0.2) is 9.97 Å². The van der Waals surface area contributed by atoms with E-state index in [0.29, 0.717) is 5.95 Å². The van der Waals surface area contributed by atoms with E-state index in [1.807, 2.05) is 31.6 Å². The highest BCUT2D eigenvalue weighted by Crippen LogP contribution is 2.27. The second-order valence-corrected chi connectivity index (χ2v) is 5.73. The number of benzene rings is 1. The minimum Gasteiger partial charge on any atom is -0.378 e. The fourth-order valence-electron chi connectivity index (χ4n) is 2.10. The first-order chi connectivity index (χ1) is 10.1. The summed E-state index contributed by atoms with van der Waals surface area (Å²) in [6, 6.07) is 12.2. The van der Waals surface area contributed by atoms with Crippen LogP contribution >= 0.6 is 11.3 Å². The van der Waals surface area contributed by atoms with Crippen molar-refractivity contribution in [2.45, 2.75) is 0 Å². The van der Waals surface area contributed by atoms with Crippen LogP contribution in [0.2, 0.25) is 0 Å². The zero-order valence-electron chi connectivity index (χ0n) is 11.9. The molecule has 2 heterocycles. The lowest BCUT2D eigenvalue weighted by Gasteiger charge is -2.12. The maximum Gasteiger partial charge on any atom is 0.221 e. The van der Waals surface area contributed by atoms with Gasteiger partial charge < -0.3 is 10.6 Å². The van der Waals surface area contributed by atoms with Gasteiger partial charge in [0.2, 0.25) is 5.95 Å². The van der Waals surface area contributed by atoms with Crippen molar-refractivity contribution < 1.29 is 0 Å². The van der Waals surface area contributed by atoms with Crippen LogP contribution in [0.25, 0.3) is 22.5 Å². The molecule has 106 valence electrons. The largest absolute Gasteiger partial charge is 0.378 e. The summed E-state index contributed by atoms with van der Waals surface area (Å²) in [7, 11) is 4.04. The van der Waals surface area contributed by atoms with Gasteiger partial charge in [-0.2, -0.15) is 11.3 Å². The van der Waals surface area contributed by atoms with Crippen molar-refractivity contribution in [3.8, 4) is 22.5 Å². The van der Waals surface area contributed by atoms with E-state index in [1.165, 1.54) is 0 Å². The summed E-state index contributed by atoms with van der Waals surface area (Å²) in [6.07, 6.45) is 0. The van der Waals surface area contributed by atoms with Crippen molar-refractivity contribution in [2.75, 3.05) is 24.7 Å². The standard InChI is InChI=1S/C16H16N4S/c1-20(2)13-5-3-11(4-6-13)14-9-15(19-16(17)18-14)12-7-8-21-10-12/h3-10H,1-2H3,(H2,17,18,19). The molecule has 0 amide bonds. The van der Waals surface area contributed by atoms with E-state index in [9.17, 15) is 0 Å². The van der Waals surface area contributed by atoms with Gasteiger partial charge in [0.25, 0.3) is 0 Å². The minimum atomic E-state index is 0.297. The van der Waals surface area contributed by atoms with Crippen molar-refractivity contribution in [3.05, 3.63) is 47.2 Å². The Morgan fingerprint density at radius 3 is 2.19 bits per heavy atom. The Kier molecular flexibility index (Phi) is 3.58. The summed E-state index contributed by atoms with van der Waals surface area (Å²) in [6.45, 7) is 0. The van der Waals surface area contributed by atoms with Crippen LogP contribution in [0.1, 0.15) is 0 Å². The van der Waals surface area contributed by atoms with Gasteiger partial charge in [-0.15, -0.1) is 0 Å². The predicted molar refractivity (Wildman–Crippen MR) is 89.5 cm³/mol. The lowest BCUT2D eigenvalue weighted by molar-refractivity contribution is 1.13. The maximum absolute atomic E-state index is 5.85. The second kappa shape index (κ2) is 5.54. The Morgan fingerprint density at radius 2 is 1.62 bits per heavy atom. The van der Waals surface area contributed by atoms with Crippen LogP contribution < -0.4 is 10.6 Å². The number of nitrogen functional groups attached to an aromatic ring is 1. The molecule has 0 fully saturated rings. The molecule has 1 aromatic carbocycles. The highest BCUT2D eigenvalue weighted by molar-refractivity contribution is 7.08. The van der Waals surface area contributed by atoms with Crippen LogP contribution in [-0.2, 0) is 0 Å². The lowest BCUT2D eigenvalue weighted by Crippen LogP contribution is -2.08. The molecule has 3 rings (SSSR count). The van der Waals surface area contributed by atoms with Gasteiger partial charge in [0.15, 0.2) is 0 Å². The number of aromatic nitrogens is 2. The first kappa shape index (κ1) is 13.6. The number of hydrogen-bond acceptors (Lipinski definition) is 5. The first-order valence-corrected chi connectivity index (χ1v) is 7.52. The second-order valence-electron chi connectivity index (χ2n) is 4.95. The first-order valence-electron chi connectivity index (χ1n) is 6.58. The number of thiophene rings is 1. The van der Waals surface area contributed by atoms with Gasteiger partial charge in [0.1, 0.15) is 0 Å². The summed E-state index contributed by atoms with van der Waals surface area (Å²) in [5, 5.41) is 4.08. The molecule has 0 bridgehead atoms. The highest BCUT2D eigenvalue weighted by atomic mass is 32.1. The van der Waals surface area contributed by atoms with Gasteiger partial charge in [0.05, 0.1) is 11.4 Å².